The van der Waals surface area contributed by atoms with Crippen LogP contribution in [0.25, 0.3) is 0 Å². The average molecular weight is 383 g/mol. The number of nitrogens with zero attached hydrogens (tertiary/aromatic N) is 2. The summed E-state index contributed by atoms with van der Waals surface area (Å²) < 4.78 is 13.7. The summed E-state index contributed by atoms with van der Waals surface area (Å²) in [6.07, 6.45) is 2.79. The van der Waals surface area contributed by atoms with Gasteiger partial charge in [0.2, 0.25) is 11.8 Å². The topological polar surface area (TPSA) is 52.7 Å². The number of amides is 2. The normalized spacial score (nSPS) is 13.4. The van der Waals surface area contributed by atoms with Crippen molar-refractivity contribution < 1.29 is 14.0 Å². The van der Waals surface area contributed by atoms with E-state index in [1.165, 1.54) is 30.7 Å². The minimum Gasteiger partial charge on any atom is -0.372 e. The Hall–Kier alpha value is -2.89. The van der Waals surface area contributed by atoms with Crippen LogP contribution in [-0.2, 0) is 16.0 Å². The van der Waals surface area contributed by atoms with Crippen molar-refractivity contribution in [3.63, 3.8) is 0 Å². The van der Waals surface area contributed by atoms with Crippen LogP contribution in [0.1, 0.15) is 25.3 Å². The van der Waals surface area contributed by atoms with Crippen LogP contribution in [0.4, 0.5) is 15.8 Å². The highest BCUT2D eigenvalue weighted by Gasteiger charge is 2.15. The molecular weight excluding hydrogens is 357 g/mol. The van der Waals surface area contributed by atoms with Crippen LogP contribution in [0.3, 0.4) is 0 Å². The van der Waals surface area contributed by atoms with E-state index in [1.54, 1.807) is 18.2 Å². The molecule has 148 valence electrons. The highest BCUT2D eigenvalue weighted by atomic mass is 19.1. The lowest BCUT2D eigenvalue weighted by molar-refractivity contribution is -0.132. The molecule has 0 spiro atoms. The van der Waals surface area contributed by atoms with Gasteiger partial charge in [0.15, 0.2) is 0 Å². The lowest BCUT2D eigenvalue weighted by atomic mass is 10.1. The first kappa shape index (κ1) is 19.9. The van der Waals surface area contributed by atoms with E-state index in [-0.39, 0.29) is 30.7 Å². The second kappa shape index (κ2) is 9.35. The second-order valence-electron chi connectivity index (χ2n) is 7.07. The van der Waals surface area contributed by atoms with Crippen LogP contribution in [0.2, 0.25) is 0 Å². The van der Waals surface area contributed by atoms with Gasteiger partial charge in [-0.25, -0.2) is 4.39 Å². The zero-order valence-corrected chi connectivity index (χ0v) is 16.2. The molecule has 2 aromatic rings. The number of nitrogens with one attached hydrogen (secondary N) is 1. The molecule has 0 atom stereocenters. The quantitative estimate of drug-likeness (QED) is 0.797. The predicted molar refractivity (Wildman–Crippen MR) is 109 cm³/mol. The SMILES string of the molecule is CC(=O)N(CCc1ccccc1F)CC(=O)Nc1ccc(N2CCCC2)cc1. The van der Waals surface area contributed by atoms with Crippen molar-refractivity contribution in [3.05, 3.63) is 59.9 Å². The number of rotatable bonds is 7. The molecule has 2 amide bonds. The number of anilines is 2. The van der Waals surface area contributed by atoms with Gasteiger partial charge in [0, 0.05) is 37.9 Å². The summed E-state index contributed by atoms with van der Waals surface area (Å²) in [4.78, 5) is 28.0. The second-order valence-corrected chi connectivity index (χ2v) is 7.07. The molecule has 1 fully saturated rings. The highest BCUT2D eigenvalue weighted by Crippen LogP contribution is 2.22. The summed E-state index contributed by atoms with van der Waals surface area (Å²) >= 11 is 0. The summed E-state index contributed by atoms with van der Waals surface area (Å²) in [5, 5.41) is 2.83. The zero-order chi connectivity index (χ0) is 19.9. The van der Waals surface area contributed by atoms with Crippen LogP contribution >= 0.6 is 0 Å². The third-order valence-corrected chi connectivity index (χ3v) is 5.01. The fraction of sp³-hybridized carbons (Fsp3) is 0.364. The van der Waals surface area contributed by atoms with E-state index in [2.05, 4.69) is 10.2 Å². The van der Waals surface area contributed by atoms with E-state index in [9.17, 15) is 14.0 Å². The van der Waals surface area contributed by atoms with Crippen molar-refractivity contribution in [2.24, 2.45) is 0 Å². The molecule has 0 radical (unpaired) electrons. The van der Waals surface area contributed by atoms with E-state index in [0.717, 1.165) is 18.8 Å². The molecule has 1 heterocycles. The third kappa shape index (κ3) is 5.31. The maximum atomic E-state index is 13.7. The number of hydrogen-bond acceptors (Lipinski definition) is 3. The summed E-state index contributed by atoms with van der Waals surface area (Å²) in [6, 6.07) is 14.2. The van der Waals surface area contributed by atoms with Crippen molar-refractivity contribution in [3.8, 4) is 0 Å². The smallest absolute Gasteiger partial charge is 0.243 e. The molecule has 0 unspecified atom stereocenters. The van der Waals surface area contributed by atoms with Crippen LogP contribution in [0.15, 0.2) is 48.5 Å². The van der Waals surface area contributed by atoms with Crippen molar-refractivity contribution in [2.45, 2.75) is 26.2 Å². The zero-order valence-electron chi connectivity index (χ0n) is 16.2. The Kier molecular flexibility index (Phi) is 6.63. The standard InChI is InChI=1S/C22H26FN3O2/c1-17(27)26(15-12-18-6-2-3-7-21(18)23)16-22(28)24-19-8-10-20(11-9-19)25-13-4-5-14-25/h2-3,6-11H,4-5,12-16H2,1H3,(H,24,28). The maximum absolute atomic E-state index is 13.7. The van der Waals surface area contributed by atoms with E-state index in [0.29, 0.717) is 17.7 Å². The lowest BCUT2D eigenvalue weighted by Gasteiger charge is -2.21. The van der Waals surface area contributed by atoms with Crippen LogP contribution < -0.4 is 10.2 Å². The number of carbonyl (C=O) groups excluding carboxylic acids is 2. The number of hydrogen-bond donors (Lipinski definition) is 1. The minimum atomic E-state index is -0.298. The fourth-order valence-electron chi connectivity index (χ4n) is 3.41. The van der Waals surface area contributed by atoms with Gasteiger partial charge in [-0.15, -0.1) is 0 Å². The molecule has 1 aliphatic heterocycles. The van der Waals surface area contributed by atoms with Crippen molar-refractivity contribution in [1.82, 2.24) is 4.90 Å². The molecule has 1 N–H and O–H groups in total. The Labute approximate surface area is 165 Å². The average Bonchev–Trinajstić information content (AvgIpc) is 3.21. The summed E-state index contributed by atoms with van der Waals surface area (Å²) in [6.45, 7) is 3.79. The Morgan fingerprint density at radius 2 is 1.75 bits per heavy atom. The van der Waals surface area contributed by atoms with Gasteiger partial charge in [-0.05, 0) is 55.2 Å². The molecule has 2 aromatic carbocycles. The van der Waals surface area contributed by atoms with Crippen LogP contribution in [0.5, 0.6) is 0 Å². The number of carbonyl (C=O) groups is 2. The first-order chi connectivity index (χ1) is 13.5. The summed E-state index contributed by atoms with van der Waals surface area (Å²) in [5.74, 6) is -0.776. The maximum Gasteiger partial charge on any atom is 0.243 e. The highest BCUT2D eigenvalue weighted by molar-refractivity contribution is 5.94. The minimum absolute atomic E-state index is 0.0579. The molecule has 0 saturated carbocycles. The van der Waals surface area contributed by atoms with Crippen molar-refractivity contribution >= 4 is 23.2 Å². The summed E-state index contributed by atoms with van der Waals surface area (Å²) in [7, 11) is 0. The van der Waals surface area contributed by atoms with Gasteiger partial charge in [-0.3, -0.25) is 9.59 Å². The van der Waals surface area contributed by atoms with E-state index >= 15 is 0 Å². The van der Waals surface area contributed by atoms with Gasteiger partial charge in [0.05, 0.1) is 6.54 Å². The van der Waals surface area contributed by atoms with Gasteiger partial charge in [-0.1, -0.05) is 18.2 Å². The van der Waals surface area contributed by atoms with Gasteiger partial charge in [0.1, 0.15) is 5.82 Å². The van der Waals surface area contributed by atoms with Crippen molar-refractivity contribution in [2.75, 3.05) is 36.4 Å². The van der Waals surface area contributed by atoms with E-state index < -0.39 is 0 Å². The molecule has 0 bridgehead atoms. The molecule has 3 rings (SSSR count). The first-order valence-electron chi connectivity index (χ1n) is 9.67. The molecule has 0 aliphatic carbocycles. The predicted octanol–water partition coefficient (Wildman–Crippen LogP) is 3.46. The molecule has 1 aliphatic rings. The monoisotopic (exact) mass is 383 g/mol. The Bertz CT molecular complexity index is 817. The van der Waals surface area contributed by atoms with Crippen LogP contribution in [-0.4, -0.2) is 42.9 Å². The van der Waals surface area contributed by atoms with Gasteiger partial charge in [0.25, 0.3) is 0 Å². The van der Waals surface area contributed by atoms with Gasteiger partial charge >= 0.3 is 0 Å². The van der Waals surface area contributed by atoms with E-state index in [4.69, 9.17) is 0 Å². The van der Waals surface area contributed by atoms with Gasteiger partial charge in [-0.2, -0.15) is 0 Å². The summed E-state index contributed by atoms with van der Waals surface area (Å²) in [5.41, 5.74) is 2.39. The molecular formula is C22H26FN3O2. The Balaban J connectivity index is 1.53. The van der Waals surface area contributed by atoms with E-state index in [1.807, 2.05) is 24.3 Å². The lowest BCUT2D eigenvalue weighted by Crippen LogP contribution is -2.38. The van der Waals surface area contributed by atoms with Gasteiger partial charge < -0.3 is 15.1 Å². The van der Waals surface area contributed by atoms with Crippen LogP contribution in [0, 0.1) is 5.82 Å². The number of benzene rings is 2. The first-order valence-corrected chi connectivity index (χ1v) is 9.67. The Morgan fingerprint density at radius 3 is 2.39 bits per heavy atom. The Morgan fingerprint density at radius 1 is 1.07 bits per heavy atom. The molecule has 5 nitrogen and oxygen atoms in total. The molecule has 28 heavy (non-hydrogen) atoms. The number of halogens is 1. The third-order valence-electron chi connectivity index (χ3n) is 5.01. The largest absolute Gasteiger partial charge is 0.372 e. The fourth-order valence-corrected chi connectivity index (χ4v) is 3.41. The molecule has 1 saturated heterocycles. The molecule has 0 aromatic heterocycles. The van der Waals surface area contributed by atoms with Crippen molar-refractivity contribution in [1.29, 1.82) is 0 Å². The molecule has 6 heteroatoms.